The first-order valence-corrected chi connectivity index (χ1v) is 9.59. The molecule has 1 saturated heterocycles. The fourth-order valence-corrected chi connectivity index (χ4v) is 3.41. The van der Waals surface area contributed by atoms with Crippen molar-refractivity contribution >= 4 is 29.9 Å². The Balaban J connectivity index is 0.00000225. The minimum atomic E-state index is 0. The first-order chi connectivity index (χ1) is 11.7. The van der Waals surface area contributed by atoms with Crippen molar-refractivity contribution in [2.24, 2.45) is 4.99 Å². The Labute approximate surface area is 169 Å². The van der Waals surface area contributed by atoms with Crippen LogP contribution in [0.1, 0.15) is 43.7 Å². The maximum absolute atomic E-state index is 4.77. The van der Waals surface area contributed by atoms with E-state index in [1.165, 1.54) is 49.9 Å². The van der Waals surface area contributed by atoms with Gasteiger partial charge in [0, 0.05) is 38.3 Å². The van der Waals surface area contributed by atoms with Crippen molar-refractivity contribution in [2.75, 3.05) is 26.2 Å². The van der Waals surface area contributed by atoms with Gasteiger partial charge in [0.25, 0.3) is 0 Å². The number of likely N-dealkylation sites (tertiary alicyclic amines) is 1. The van der Waals surface area contributed by atoms with Gasteiger partial charge in [-0.05, 0) is 51.5 Å². The molecule has 140 valence electrons. The fraction of sp³-hybridized carbons (Fsp3) is 0.650. The van der Waals surface area contributed by atoms with Crippen molar-refractivity contribution in [3.8, 4) is 0 Å². The highest BCUT2D eigenvalue weighted by molar-refractivity contribution is 14.0. The van der Waals surface area contributed by atoms with E-state index in [-0.39, 0.29) is 24.0 Å². The molecule has 5 heteroatoms. The topological polar surface area (TPSA) is 39.7 Å². The first kappa shape index (κ1) is 20.5. The molecule has 1 aromatic rings. The van der Waals surface area contributed by atoms with Crippen molar-refractivity contribution in [3.63, 3.8) is 0 Å². The number of hydrogen-bond donors (Lipinski definition) is 2. The number of aryl methyl sites for hydroxylation is 1. The molecule has 1 aliphatic carbocycles. The zero-order chi connectivity index (χ0) is 16.8. The molecule has 0 amide bonds. The highest BCUT2D eigenvalue weighted by atomic mass is 127. The predicted molar refractivity (Wildman–Crippen MR) is 117 cm³/mol. The molecule has 3 rings (SSSR count). The van der Waals surface area contributed by atoms with Crippen LogP contribution in [-0.4, -0.2) is 49.1 Å². The van der Waals surface area contributed by atoms with Gasteiger partial charge in [-0.3, -0.25) is 4.99 Å². The zero-order valence-electron chi connectivity index (χ0n) is 15.6. The van der Waals surface area contributed by atoms with E-state index in [2.05, 4.69) is 53.6 Å². The summed E-state index contributed by atoms with van der Waals surface area (Å²) in [5.41, 5.74) is 2.67. The van der Waals surface area contributed by atoms with E-state index in [1.807, 2.05) is 0 Å². The van der Waals surface area contributed by atoms with Gasteiger partial charge in [-0.25, -0.2) is 0 Å². The van der Waals surface area contributed by atoms with Gasteiger partial charge in [0.15, 0.2) is 5.96 Å². The minimum absolute atomic E-state index is 0. The quantitative estimate of drug-likeness (QED) is 0.392. The van der Waals surface area contributed by atoms with E-state index in [9.17, 15) is 0 Å². The maximum atomic E-state index is 4.77. The molecule has 0 unspecified atom stereocenters. The van der Waals surface area contributed by atoms with Crippen molar-refractivity contribution in [2.45, 2.75) is 58.0 Å². The summed E-state index contributed by atoms with van der Waals surface area (Å²) in [6.45, 7) is 8.49. The van der Waals surface area contributed by atoms with Crippen LogP contribution in [0.4, 0.5) is 0 Å². The Morgan fingerprint density at radius 1 is 1.12 bits per heavy atom. The summed E-state index contributed by atoms with van der Waals surface area (Å²) >= 11 is 0. The number of halogens is 1. The SMILES string of the molecule is CCNC(=NCCc1ccc(C)cc1)NC1CCN(C2CC2)CC1.I. The van der Waals surface area contributed by atoms with Crippen molar-refractivity contribution in [1.82, 2.24) is 15.5 Å². The summed E-state index contributed by atoms with van der Waals surface area (Å²) in [5.74, 6) is 0.981. The number of rotatable bonds is 6. The van der Waals surface area contributed by atoms with Crippen LogP contribution in [0.3, 0.4) is 0 Å². The van der Waals surface area contributed by atoms with E-state index in [4.69, 9.17) is 4.99 Å². The number of aliphatic imine (C=N–C) groups is 1. The van der Waals surface area contributed by atoms with Gasteiger partial charge in [0.05, 0.1) is 0 Å². The molecule has 25 heavy (non-hydrogen) atoms. The fourth-order valence-electron chi connectivity index (χ4n) is 3.41. The number of guanidine groups is 1. The van der Waals surface area contributed by atoms with Crippen LogP contribution in [0, 0.1) is 6.92 Å². The third-order valence-corrected chi connectivity index (χ3v) is 5.07. The molecule has 1 aromatic carbocycles. The van der Waals surface area contributed by atoms with Crippen LogP contribution >= 0.6 is 24.0 Å². The molecule has 2 aliphatic rings. The number of benzene rings is 1. The molecule has 1 heterocycles. The molecular weight excluding hydrogens is 423 g/mol. The van der Waals surface area contributed by atoms with Crippen LogP contribution in [0.15, 0.2) is 29.3 Å². The highest BCUT2D eigenvalue weighted by Gasteiger charge is 2.31. The smallest absolute Gasteiger partial charge is 0.191 e. The zero-order valence-corrected chi connectivity index (χ0v) is 18.0. The second-order valence-electron chi connectivity index (χ2n) is 7.18. The number of piperidine rings is 1. The van der Waals surface area contributed by atoms with Crippen LogP contribution in [-0.2, 0) is 6.42 Å². The van der Waals surface area contributed by atoms with Crippen molar-refractivity contribution in [3.05, 3.63) is 35.4 Å². The van der Waals surface area contributed by atoms with E-state index in [1.54, 1.807) is 0 Å². The van der Waals surface area contributed by atoms with Crippen molar-refractivity contribution in [1.29, 1.82) is 0 Å². The monoisotopic (exact) mass is 456 g/mol. The maximum Gasteiger partial charge on any atom is 0.191 e. The molecule has 0 bridgehead atoms. The summed E-state index contributed by atoms with van der Waals surface area (Å²) in [4.78, 5) is 7.44. The molecular formula is C20H33IN4. The Morgan fingerprint density at radius 3 is 2.40 bits per heavy atom. The summed E-state index contributed by atoms with van der Waals surface area (Å²) in [6, 6.07) is 10.2. The molecule has 0 aromatic heterocycles. The summed E-state index contributed by atoms with van der Waals surface area (Å²) in [5, 5.41) is 7.04. The van der Waals surface area contributed by atoms with Crippen molar-refractivity contribution < 1.29 is 0 Å². The van der Waals surface area contributed by atoms with Gasteiger partial charge in [-0.15, -0.1) is 24.0 Å². The van der Waals surface area contributed by atoms with E-state index in [0.717, 1.165) is 31.5 Å². The average Bonchev–Trinajstić information content (AvgIpc) is 3.42. The molecule has 1 aliphatic heterocycles. The Hall–Kier alpha value is -0.820. The lowest BCUT2D eigenvalue weighted by atomic mass is 10.1. The van der Waals surface area contributed by atoms with E-state index in [0.29, 0.717) is 6.04 Å². The number of nitrogens with one attached hydrogen (secondary N) is 2. The molecule has 0 radical (unpaired) electrons. The summed E-state index contributed by atoms with van der Waals surface area (Å²) in [6.07, 6.45) is 6.30. The normalized spacial score (nSPS) is 19.4. The molecule has 2 fully saturated rings. The standard InChI is InChI=1S/C20H32N4.HI/c1-3-21-20(22-13-10-17-6-4-16(2)5-7-17)23-18-11-14-24(15-12-18)19-8-9-19;/h4-7,18-19H,3,8-15H2,1-2H3,(H2,21,22,23);1H. The Morgan fingerprint density at radius 2 is 1.80 bits per heavy atom. The predicted octanol–water partition coefficient (Wildman–Crippen LogP) is 3.34. The molecule has 4 nitrogen and oxygen atoms in total. The van der Waals surface area contributed by atoms with Crippen LogP contribution in [0.5, 0.6) is 0 Å². The van der Waals surface area contributed by atoms with Gasteiger partial charge in [-0.2, -0.15) is 0 Å². The van der Waals surface area contributed by atoms with Gasteiger partial charge < -0.3 is 15.5 Å². The minimum Gasteiger partial charge on any atom is -0.357 e. The lowest BCUT2D eigenvalue weighted by molar-refractivity contribution is 0.197. The molecule has 0 spiro atoms. The largest absolute Gasteiger partial charge is 0.357 e. The number of nitrogens with zero attached hydrogens (tertiary/aromatic N) is 2. The third kappa shape index (κ3) is 6.77. The van der Waals surface area contributed by atoms with E-state index >= 15 is 0 Å². The Kier molecular flexibility index (Phi) is 8.49. The second kappa shape index (κ2) is 10.4. The molecule has 2 N–H and O–H groups in total. The van der Waals surface area contributed by atoms with Gasteiger partial charge in [-0.1, -0.05) is 29.8 Å². The summed E-state index contributed by atoms with van der Waals surface area (Å²) in [7, 11) is 0. The highest BCUT2D eigenvalue weighted by Crippen LogP contribution is 2.29. The molecule has 0 atom stereocenters. The lowest BCUT2D eigenvalue weighted by Crippen LogP contribution is -2.49. The average molecular weight is 456 g/mol. The van der Waals surface area contributed by atoms with Crippen LogP contribution < -0.4 is 10.6 Å². The molecule has 1 saturated carbocycles. The Bertz CT molecular complexity index is 531. The summed E-state index contributed by atoms with van der Waals surface area (Å²) < 4.78 is 0. The second-order valence-corrected chi connectivity index (χ2v) is 7.18. The lowest BCUT2D eigenvalue weighted by Gasteiger charge is -2.33. The van der Waals surface area contributed by atoms with Gasteiger partial charge in [0.1, 0.15) is 0 Å². The third-order valence-electron chi connectivity index (χ3n) is 5.07. The van der Waals surface area contributed by atoms with E-state index < -0.39 is 0 Å². The first-order valence-electron chi connectivity index (χ1n) is 9.59. The van der Waals surface area contributed by atoms with Gasteiger partial charge in [0.2, 0.25) is 0 Å². The van der Waals surface area contributed by atoms with Gasteiger partial charge >= 0.3 is 0 Å². The van der Waals surface area contributed by atoms with Crippen LogP contribution in [0.2, 0.25) is 0 Å². The van der Waals surface area contributed by atoms with Crippen LogP contribution in [0.25, 0.3) is 0 Å². The number of hydrogen-bond acceptors (Lipinski definition) is 2.